The minimum Gasteiger partial charge on any atom is -0.289 e. The maximum absolute atomic E-state index is 13.9. The highest BCUT2D eigenvalue weighted by Crippen LogP contribution is 2.43. The molecule has 2 atom stereocenters. The zero-order valence-corrected chi connectivity index (χ0v) is 12.4. The first kappa shape index (κ1) is 13.8. The van der Waals surface area contributed by atoms with E-state index in [1.165, 1.54) is 12.1 Å². The summed E-state index contributed by atoms with van der Waals surface area (Å²) in [5.74, 6) is 0.0645. The lowest BCUT2D eigenvalue weighted by atomic mass is 9.98. The van der Waals surface area contributed by atoms with Crippen LogP contribution < -0.4 is 0 Å². The summed E-state index contributed by atoms with van der Waals surface area (Å²) in [6, 6.07) is 4.24. The highest BCUT2D eigenvalue weighted by molar-refractivity contribution is 5.29. The fourth-order valence-corrected chi connectivity index (χ4v) is 3.78. The molecule has 1 aromatic carbocycles. The summed E-state index contributed by atoms with van der Waals surface area (Å²) in [5, 5.41) is 0. The third kappa shape index (κ3) is 2.20. The fraction of sp³-hybridized carbons (Fsp3) is 0.412. The maximum atomic E-state index is 13.9. The number of nitrogens with zero attached hydrogens (tertiary/aromatic N) is 3. The molecular weight excluding hydrogens is 284 g/mol. The highest BCUT2D eigenvalue weighted by Gasteiger charge is 2.40. The Labute approximate surface area is 128 Å². The molecule has 2 aliphatic heterocycles. The molecule has 0 amide bonds. The topological polar surface area (TPSA) is 29.0 Å². The van der Waals surface area contributed by atoms with E-state index in [1.54, 1.807) is 0 Å². The Hall–Kier alpha value is -1.88. The van der Waals surface area contributed by atoms with E-state index in [0.717, 1.165) is 42.4 Å². The second-order valence-electron chi connectivity index (χ2n) is 6.18. The zero-order chi connectivity index (χ0) is 15.3. The second kappa shape index (κ2) is 5.09. The summed E-state index contributed by atoms with van der Waals surface area (Å²) in [4.78, 5) is 11.1. The van der Waals surface area contributed by atoms with E-state index in [-0.39, 0.29) is 17.7 Å². The Bertz CT molecular complexity index is 732. The van der Waals surface area contributed by atoms with Crippen molar-refractivity contribution >= 4 is 0 Å². The van der Waals surface area contributed by atoms with E-state index in [2.05, 4.69) is 14.9 Å². The van der Waals surface area contributed by atoms with Gasteiger partial charge < -0.3 is 0 Å². The molecule has 5 heteroatoms. The molecule has 0 radical (unpaired) electrons. The summed E-state index contributed by atoms with van der Waals surface area (Å²) in [6.45, 7) is 2.34. The van der Waals surface area contributed by atoms with Crippen molar-refractivity contribution in [2.75, 3.05) is 0 Å². The number of hydrogen-bond donors (Lipinski definition) is 0. The van der Waals surface area contributed by atoms with Crippen LogP contribution in [0.4, 0.5) is 8.78 Å². The van der Waals surface area contributed by atoms with Gasteiger partial charge >= 0.3 is 0 Å². The Kier molecular flexibility index (Phi) is 3.18. The number of rotatable bonds is 2. The molecular formula is C17H17F2N3. The predicted molar refractivity (Wildman–Crippen MR) is 78.1 cm³/mol. The number of hydrogen-bond acceptors (Lipinski definition) is 3. The Balaban J connectivity index is 1.67. The van der Waals surface area contributed by atoms with E-state index in [9.17, 15) is 8.78 Å². The smallest absolute Gasteiger partial charge is 0.127 e. The van der Waals surface area contributed by atoms with E-state index >= 15 is 0 Å². The number of aromatic nitrogens is 2. The molecule has 114 valence electrons. The Morgan fingerprint density at radius 2 is 2.14 bits per heavy atom. The maximum Gasteiger partial charge on any atom is 0.127 e. The third-order valence-corrected chi connectivity index (χ3v) is 4.81. The van der Waals surface area contributed by atoms with Crippen LogP contribution in [0.2, 0.25) is 0 Å². The number of halogens is 2. The minimum absolute atomic E-state index is 0.219. The summed E-state index contributed by atoms with van der Waals surface area (Å²) in [6.07, 6.45) is 4.86. The fourth-order valence-electron chi connectivity index (χ4n) is 3.78. The summed E-state index contributed by atoms with van der Waals surface area (Å²) in [7, 11) is 0. The highest BCUT2D eigenvalue weighted by atomic mass is 19.1. The average Bonchev–Trinajstić information content (AvgIpc) is 2.76. The molecule has 1 aromatic heterocycles. The molecule has 4 rings (SSSR count). The first-order valence-electron chi connectivity index (χ1n) is 7.64. The van der Waals surface area contributed by atoms with Crippen molar-refractivity contribution in [1.29, 1.82) is 0 Å². The van der Waals surface area contributed by atoms with Crippen molar-refractivity contribution in [3.05, 3.63) is 58.7 Å². The normalized spacial score (nSPS) is 23.6. The molecule has 0 aliphatic carbocycles. The minimum atomic E-state index is -0.389. The van der Waals surface area contributed by atoms with Gasteiger partial charge in [-0.25, -0.2) is 18.7 Å². The van der Waals surface area contributed by atoms with Gasteiger partial charge in [0.1, 0.15) is 17.5 Å². The van der Waals surface area contributed by atoms with Gasteiger partial charge in [-0.2, -0.15) is 0 Å². The van der Waals surface area contributed by atoms with Crippen LogP contribution in [0.3, 0.4) is 0 Å². The molecule has 0 spiro atoms. The Morgan fingerprint density at radius 3 is 3.00 bits per heavy atom. The molecule has 0 unspecified atom stereocenters. The van der Waals surface area contributed by atoms with Crippen molar-refractivity contribution < 1.29 is 8.78 Å². The second-order valence-corrected chi connectivity index (χ2v) is 6.18. The Morgan fingerprint density at radius 1 is 1.27 bits per heavy atom. The van der Waals surface area contributed by atoms with Gasteiger partial charge in [0.25, 0.3) is 0 Å². The largest absolute Gasteiger partial charge is 0.289 e. The van der Waals surface area contributed by atoms with E-state index in [4.69, 9.17) is 0 Å². The van der Waals surface area contributed by atoms with Gasteiger partial charge in [-0.05, 0) is 38.0 Å². The molecule has 1 fully saturated rings. The molecule has 3 heterocycles. The number of benzene rings is 1. The van der Waals surface area contributed by atoms with Crippen molar-refractivity contribution in [2.24, 2.45) is 0 Å². The van der Waals surface area contributed by atoms with Gasteiger partial charge in [0.15, 0.2) is 0 Å². The standard InChI is InChI=1S/C17H17F2N3/c1-10-20-8-14-16(21-10)7-13-3-5-17(14)22(13)9-11-6-12(18)2-4-15(11)19/h2,4,6,8,13,17H,3,5,7,9H2,1H3/t13-,17+/m1/s1. The van der Waals surface area contributed by atoms with Gasteiger partial charge in [-0.1, -0.05) is 0 Å². The molecule has 2 bridgehead atoms. The lowest BCUT2D eigenvalue weighted by Gasteiger charge is -2.35. The number of aryl methyl sites for hydroxylation is 1. The van der Waals surface area contributed by atoms with Crippen molar-refractivity contribution in [3.63, 3.8) is 0 Å². The van der Waals surface area contributed by atoms with Crippen LogP contribution in [0.1, 0.15) is 41.5 Å². The van der Waals surface area contributed by atoms with Crippen molar-refractivity contribution in [2.45, 2.75) is 44.8 Å². The molecule has 0 N–H and O–H groups in total. The van der Waals surface area contributed by atoms with Crippen molar-refractivity contribution in [3.8, 4) is 0 Å². The van der Waals surface area contributed by atoms with E-state index in [0.29, 0.717) is 18.2 Å². The monoisotopic (exact) mass is 301 g/mol. The average molecular weight is 301 g/mol. The van der Waals surface area contributed by atoms with Gasteiger partial charge in [0, 0.05) is 42.4 Å². The van der Waals surface area contributed by atoms with Crippen LogP contribution >= 0.6 is 0 Å². The van der Waals surface area contributed by atoms with Gasteiger partial charge in [0.05, 0.1) is 5.69 Å². The van der Waals surface area contributed by atoms with Gasteiger partial charge in [0.2, 0.25) is 0 Å². The molecule has 1 saturated heterocycles. The van der Waals surface area contributed by atoms with Crippen LogP contribution in [-0.4, -0.2) is 20.9 Å². The van der Waals surface area contributed by atoms with Gasteiger partial charge in [-0.3, -0.25) is 4.90 Å². The summed E-state index contributed by atoms with van der Waals surface area (Å²) < 4.78 is 27.3. The zero-order valence-electron chi connectivity index (χ0n) is 12.4. The molecule has 2 aromatic rings. The van der Waals surface area contributed by atoms with Crippen LogP contribution in [0.25, 0.3) is 0 Å². The van der Waals surface area contributed by atoms with Crippen molar-refractivity contribution in [1.82, 2.24) is 14.9 Å². The predicted octanol–water partition coefficient (Wildman–Crippen LogP) is 3.33. The summed E-state index contributed by atoms with van der Waals surface area (Å²) >= 11 is 0. The summed E-state index contributed by atoms with van der Waals surface area (Å²) in [5.41, 5.74) is 2.69. The quantitative estimate of drug-likeness (QED) is 0.852. The lowest BCUT2D eigenvalue weighted by molar-refractivity contribution is 0.163. The first-order valence-corrected chi connectivity index (χ1v) is 7.64. The van der Waals surface area contributed by atoms with Crippen LogP contribution in [0.15, 0.2) is 24.4 Å². The SMILES string of the molecule is Cc1ncc2c(n1)C[C@H]1CC[C@@H]2N1Cc1cc(F)ccc1F. The van der Waals surface area contributed by atoms with Crippen LogP contribution in [0.5, 0.6) is 0 Å². The number of fused-ring (bicyclic) bond motifs is 4. The first-order chi connectivity index (χ1) is 10.6. The third-order valence-electron chi connectivity index (χ3n) is 4.81. The molecule has 3 nitrogen and oxygen atoms in total. The molecule has 2 aliphatic rings. The van der Waals surface area contributed by atoms with Gasteiger partial charge in [-0.15, -0.1) is 0 Å². The van der Waals surface area contributed by atoms with Crippen LogP contribution in [-0.2, 0) is 13.0 Å². The van der Waals surface area contributed by atoms with E-state index < -0.39 is 0 Å². The van der Waals surface area contributed by atoms with Crippen LogP contribution in [0, 0.1) is 18.6 Å². The van der Waals surface area contributed by atoms with E-state index in [1.807, 2.05) is 13.1 Å². The lowest BCUT2D eigenvalue weighted by Crippen LogP contribution is -2.37. The molecule has 22 heavy (non-hydrogen) atoms. The molecule has 0 saturated carbocycles.